The highest BCUT2D eigenvalue weighted by Crippen LogP contribution is 2.49. The molecule has 0 saturated heterocycles. The minimum atomic E-state index is -4.81. The summed E-state index contributed by atoms with van der Waals surface area (Å²) < 4.78 is 177. The molecule has 13 rings (SSSR count). The molecule has 2 heterocycles. The Kier molecular flexibility index (Phi) is 13.5. The van der Waals surface area contributed by atoms with Gasteiger partial charge in [0.2, 0.25) is 0 Å². The second-order valence-electron chi connectivity index (χ2n) is 24.9. The molecular weight excluding hydrogens is 1160 g/mol. The van der Waals surface area contributed by atoms with Gasteiger partial charge in [-0.05, 0) is 175 Å². The van der Waals surface area contributed by atoms with Crippen molar-refractivity contribution in [1.29, 1.82) is 0 Å². The Morgan fingerprint density at radius 2 is 0.727 bits per heavy atom. The van der Waals surface area contributed by atoms with Crippen LogP contribution < -0.4 is 5.19 Å². The van der Waals surface area contributed by atoms with Crippen molar-refractivity contribution in [2.45, 2.75) is 82.9 Å². The highest BCUT2D eigenvalue weighted by Gasteiger charge is 2.36. The lowest BCUT2D eigenvalue weighted by Gasteiger charge is -2.23. The van der Waals surface area contributed by atoms with Gasteiger partial charge in [-0.2, -0.15) is 52.7 Å². The summed E-state index contributed by atoms with van der Waals surface area (Å²) in [6.45, 7) is 13.2. The van der Waals surface area contributed by atoms with E-state index in [4.69, 9.17) is 0 Å². The molecule has 1 atom stereocenters. The normalized spacial score (nSPS) is 14.8. The van der Waals surface area contributed by atoms with Gasteiger partial charge in [0.1, 0.15) is 0 Å². The molecule has 1 aliphatic rings. The summed E-state index contributed by atoms with van der Waals surface area (Å²) in [5.41, 5.74) is 4.70. The number of hydrogen-bond acceptors (Lipinski definition) is 0. The third-order valence-electron chi connectivity index (χ3n) is 17.3. The molecule has 2 nitrogen and oxygen atoms in total. The van der Waals surface area contributed by atoms with Crippen molar-refractivity contribution < 1.29 is 52.7 Å². The zero-order chi connectivity index (χ0) is 62.4. The Hall–Kier alpha value is -8.82. The van der Waals surface area contributed by atoms with E-state index >= 15 is 0 Å². The largest absolute Gasteiger partial charge is 0.416 e. The number of aromatic nitrogens is 2. The molecule has 0 saturated carbocycles. The number of benzene rings is 10. The minimum absolute atomic E-state index is 0.00612. The van der Waals surface area contributed by atoms with Crippen LogP contribution in [0, 0.1) is 0 Å². The van der Waals surface area contributed by atoms with Gasteiger partial charge in [0.25, 0.3) is 0 Å². The van der Waals surface area contributed by atoms with Crippen molar-refractivity contribution in [3.05, 3.63) is 239 Å². The molecule has 1 aliphatic carbocycles. The van der Waals surface area contributed by atoms with Crippen molar-refractivity contribution >= 4 is 84.0 Å². The molecule has 0 fully saturated rings. The highest BCUT2D eigenvalue weighted by molar-refractivity contribution is 6.88. The fourth-order valence-electron chi connectivity index (χ4n) is 12.7. The summed E-state index contributed by atoms with van der Waals surface area (Å²) in [6.07, 6.45) is -12.3. The second-order valence-corrected chi connectivity index (χ2v) is 30.0. The molecule has 0 aliphatic heterocycles. The topological polar surface area (TPSA) is 9.86 Å². The Bertz CT molecular complexity index is 4720. The number of halogens is 12. The third kappa shape index (κ3) is 10.2. The van der Waals surface area contributed by atoms with E-state index in [1.165, 1.54) is 29.5 Å². The zero-order valence-electron chi connectivity index (χ0n) is 48.3. The van der Waals surface area contributed by atoms with Gasteiger partial charge >= 0.3 is 24.7 Å². The first-order valence-corrected chi connectivity index (χ1v) is 32.1. The summed E-state index contributed by atoms with van der Waals surface area (Å²) >= 11 is 0. The molecule has 10 aromatic carbocycles. The van der Waals surface area contributed by atoms with Crippen molar-refractivity contribution in [3.8, 4) is 33.6 Å². The average molecular weight is 1220 g/mol. The predicted octanol–water partition coefficient (Wildman–Crippen LogP) is 22.6. The van der Waals surface area contributed by atoms with Crippen molar-refractivity contribution in [3.63, 3.8) is 0 Å². The minimum Gasteiger partial charge on any atom is -0.309 e. The second kappa shape index (κ2) is 20.4. The van der Waals surface area contributed by atoms with E-state index in [1.54, 1.807) is 21.3 Å². The van der Waals surface area contributed by atoms with Crippen molar-refractivity contribution in [2.75, 3.05) is 0 Å². The van der Waals surface area contributed by atoms with Gasteiger partial charge < -0.3 is 9.13 Å². The van der Waals surface area contributed by atoms with Crippen LogP contribution in [0.15, 0.2) is 200 Å². The Balaban J connectivity index is 1.10. The van der Waals surface area contributed by atoms with Gasteiger partial charge in [-0.3, -0.25) is 0 Å². The highest BCUT2D eigenvalue weighted by atomic mass is 28.3. The van der Waals surface area contributed by atoms with Crippen LogP contribution in [-0.2, 0) is 30.1 Å². The van der Waals surface area contributed by atoms with Gasteiger partial charge in [-0.1, -0.05) is 149 Å². The van der Waals surface area contributed by atoms with Gasteiger partial charge in [0.15, 0.2) is 0 Å². The molecule has 2 aromatic heterocycles. The summed E-state index contributed by atoms with van der Waals surface area (Å²) in [6, 6.07) is 48.3. The summed E-state index contributed by atoms with van der Waals surface area (Å²) in [4.78, 5) is 0. The Morgan fingerprint density at radius 1 is 0.364 bits per heavy atom. The number of rotatable bonds is 7. The van der Waals surface area contributed by atoms with Gasteiger partial charge in [0.05, 0.1) is 52.4 Å². The smallest absolute Gasteiger partial charge is 0.309 e. The zero-order valence-corrected chi connectivity index (χ0v) is 49.3. The van der Waals surface area contributed by atoms with E-state index in [0.29, 0.717) is 44.9 Å². The molecule has 444 valence electrons. The molecule has 0 radical (unpaired) electrons. The fourth-order valence-corrected chi connectivity index (χ4v) is 13.9. The molecule has 1 unspecified atom stereocenters. The Morgan fingerprint density at radius 3 is 1.09 bits per heavy atom. The van der Waals surface area contributed by atoms with Crippen LogP contribution in [0.2, 0.25) is 19.6 Å². The maximum atomic E-state index is 14.4. The lowest BCUT2D eigenvalue weighted by atomic mass is 9.82. The number of nitrogens with zero attached hydrogens (tertiary/aromatic N) is 2. The standard InChI is InChI=1S/C73H54F12N2Si/c1-69(2,3)47-19-15-43(16-20-47)41-7-11-45(12-8-41)67-55-29-25-53(87-65-33-23-50(72(80,81)82)37-59(65)60-38-51(73(83,84)85)24-34-66(60)87)40-62(55)68(46-13-9-42(10-14-46)44-17-27-54(28-18-44)88(4,5)6)56-30-26-52(39-61(56)67)86-63-31-21-48(70(74,75)76)35-57(63)58-36-49(71(77,78)79)22-32-64(58)86/h7-9,11-40,42H,10H2,1-6H3. The third-order valence-corrected chi connectivity index (χ3v) is 19.4. The van der Waals surface area contributed by atoms with E-state index in [9.17, 15) is 52.7 Å². The SMILES string of the molecule is CC(C)(C)c1ccc(-c2ccc(-c3c4ccc(-n5c6ccc(C(F)(F)F)cc6c6cc(C(F)(F)F)ccc65)cc4c(C4=CCC(c5ccc([Si](C)(C)C)cc5)C=C4)c4ccc(-n5c6ccc(C(F)(F)F)cc6c6cc(C(F)(F)F)ccc65)cc34)cc2)cc1. The molecular formula is C73H54F12N2Si. The quantitative estimate of drug-likeness (QED) is 0.0855. The van der Waals surface area contributed by atoms with Crippen molar-refractivity contribution in [2.24, 2.45) is 0 Å². The lowest BCUT2D eigenvalue weighted by Crippen LogP contribution is -2.37. The predicted molar refractivity (Wildman–Crippen MR) is 334 cm³/mol. The van der Waals surface area contributed by atoms with Crippen LogP contribution in [0.25, 0.3) is 104 Å². The van der Waals surface area contributed by atoms with E-state index in [2.05, 4.69) is 107 Å². The molecule has 12 aromatic rings. The number of alkyl halides is 12. The van der Waals surface area contributed by atoms with E-state index in [0.717, 1.165) is 87.5 Å². The van der Waals surface area contributed by atoms with E-state index in [1.807, 2.05) is 48.5 Å². The maximum Gasteiger partial charge on any atom is 0.416 e. The number of fused-ring (bicyclic) bond motifs is 8. The van der Waals surface area contributed by atoms with Crippen LogP contribution in [0.4, 0.5) is 52.7 Å². The summed E-state index contributed by atoms with van der Waals surface area (Å²) in [5.74, 6) is -0.00612. The van der Waals surface area contributed by atoms with Crippen molar-refractivity contribution in [1.82, 2.24) is 9.13 Å². The molecule has 0 N–H and O–H groups in total. The maximum absolute atomic E-state index is 14.4. The lowest BCUT2D eigenvalue weighted by molar-refractivity contribution is -0.138. The van der Waals surface area contributed by atoms with Gasteiger partial charge in [0, 0.05) is 38.8 Å². The summed E-state index contributed by atoms with van der Waals surface area (Å²) in [5, 5.41) is 3.90. The van der Waals surface area contributed by atoms with Gasteiger partial charge in [-0.15, -0.1) is 0 Å². The molecule has 15 heteroatoms. The first-order valence-electron chi connectivity index (χ1n) is 28.6. The van der Waals surface area contributed by atoms with Crippen LogP contribution in [-0.4, -0.2) is 17.2 Å². The molecule has 0 bridgehead atoms. The molecule has 88 heavy (non-hydrogen) atoms. The first kappa shape index (κ1) is 58.2. The van der Waals surface area contributed by atoms with Crippen LogP contribution in [0.5, 0.6) is 0 Å². The van der Waals surface area contributed by atoms with Crippen LogP contribution in [0.1, 0.15) is 72.1 Å². The summed E-state index contributed by atoms with van der Waals surface area (Å²) in [7, 11) is -1.62. The molecule has 0 spiro atoms. The van der Waals surface area contributed by atoms with Gasteiger partial charge in [-0.25, -0.2) is 0 Å². The molecule has 0 amide bonds. The first-order chi connectivity index (χ1) is 41.4. The number of hydrogen-bond donors (Lipinski definition) is 0. The average Bonchev–Trinajstić information content (AvgIpc) is 1.30. The fraction of sp³-hybridized carbons (Fsp3) is 0.178. The van der Waals surface area contributed by atoms with Crippen LogP contribution in [0.3, 0.4) is 0 Å². The van der Waals surface area contributed by atoms with Crippen LogP contribution >= 0.6 is 0 Å². The monoisotopic (exact) mass is 1210 g/mol. The van der Waals surface area contributed by atoms with E-state index in [-0.39, 0.29) is 54.9 Å². The van der Waals surface area contributed by atoms with E-state index < -0.39 is 55.0 Å². The number of allylic oxidation sites excluding steroid dienone is 4. The Labute approximate surface area is 499 Å².